The summed E-state index contributed by atoms with van der Waals surface area (Å²) in [6.45, 7) is 5.35. The molecule has 0 aromatic heterocycles. The van der Waals surface area contributed by atoms with Gasteiger partial charge >= 0.3 is 0 Å². The van der Waals surface area contributed by atoms with Gasteiger partial charge in [0, 0.05) is 5.92 Å². The molecule has 17 heavy (non-hydrogen) atoms. The van der Waals surface area contributed by atoms with Crippen LogP contribution in [0.2, 0.25) is 0 Å². The Bertz CT molecular complexity index is 320. The molecule has 2 rings (SSSR count). The van der Waals surface area contributed by atoms with Crippen LogP contribution in [0.1, 0.15) is 56.6 Å². The zero-order valence-corrected chi connectivity index (χ0v) is 11.1. The maximum Gasteiger partial charge on any atom is 0.0575 e. The summed E-state index contributed by atoms with van der Waals surface area (Å²) in [5.74, 6) is 0.619. The molecule has 1 fully saturated rings. The molecule has 1 aliphatic heterocycles. The summed E-state index contributed by atoms with van der Waals surface area (Å²) in [4.78, 5) is 0. The summed E-state index contributed by atoms with van der Waals surface area (Å²) < 4.78 is 5.94. The van der Waals surface area contributed by atoms with E-state index in [2.05, 4.69) is 38.1 Å². The van der Waals surface area contributed by atoms with Crippen molar-refractivity contribution >= 4 is 0 Å². The van der Waals surface area contributed by atoms with Crippen molar-refractivity contribution in [1.29, 1.82) is 0 Å². The van der Waals surface area contributed by atoms with Crippen molar-refractivity contribution in [1.82, 2.24) is 0 Å². The van der Waals surface area contributed by atoms with Gasteiger partial charge in [0.05, 0.1) is 12.7 Å². The molecule has 0 radical (unpaired) electrons. The van der Waals surface area contributed by atoms with Crippen molar-refractivity contribution in [2.75, 3.05) is 6.61 Å². The Kier molecular flexibility index (Phi) is 4.61. The number of hydrogen-bond acceptors (Lipinski definition) is 1. The second-order valence-electron chi connectivity index (χ2n) is 5.11. The molecule has 1 aromatic rings. The highest BCUT2D eigenvalue weighted by Gasteiger charge is 2.22. The lowest BCUT2D eigenvalue weighted by atomic mass is 9.90. The van der Waals surface area contributed by atoms with Crippen LogP contribution in [0.5, 0.6) is 0 Å². The predicted molar refractivity (Wildman–Crippen MR) is 72.4 cm³/mol. The molecular formula is C16H24O. The Hall–Kier alpha value is -0.820. The van der Waals surface area contributed by atoms with Gasteiger partial charge in [0.15, 0.2) is 0 Å². The van der Waals surface area contributed by atoms with E-state index in [4.69, 9.17) is 4.74 Å². The van der Waals surface area contributed by atoms with Crippen molar-refractivity contribution in [3.05, 3.63) is 35.4 Å². The molecule has 94 valence electrons. The van der Waals surface area contributed by atoms with Crippen molar-refractivity contribution < 1.29 is 4.74 Å². The van der Waals surface area contributed by atoms with Gasteiger partial charge in [0.25, 0.3) is 0 Å². The molecule has 1 nitrogen and oxygen atoms in total. The molecule has 0 N–H and O–H groups in total. The highest BCUT2D eigenvalue weighted by atomic mass is 16.5. The minimum atomic E-state index is 0.520. The van der Waals surface area contributed by atoms with E-state index in [0.29, 0.717) is 12.0 Å². The van der Waals surface area contributed by atoms with Gasteiger partial charge in [0.2, 0.25) is 0 Å². The van der Waals surface area contributed by atoms with Crippen LogP contribution in [0, 0.1) is 0 Å². The van der Waals surface area contributed by atoms with E-state index in [1.807, 2.05) is 0 Å². The van der Waals surface area contributed by atoms with Gasteiger partial charge in [-0.2, -0.15) is 0 Å². The van der Waals surface area contributed by atoms with E-state index in [9.17, 15) is 0 Å². The maximum absolute atomic E-state index is 5.94. The number of hydrogen-bond donors (Lipinski definition) is 0. The van der Waals surface area contributed by atoms with Crippen LogP contribution in [0.4, 0.5) is 0 Å². The van der Waals surface area contributed by atoms with Crippen molar-refractivity contribution in [3.8, 4) is 0 Å². The minimum Gasteiger partial charge on any atom is -0.378 e. The summed E-state index contributed by atoms with van der Waals surface area (Å²) in [6.07, 6.45) is 6.62. The molecule has 0 saturated carbocycles. The Morgan fingerprint density at radius 2 is 1.88 bits per heavy atom. The second-order valence-corrected chi connectivity index (χ2v) is 5.11. The van der Waals surface area contributed by atoms with E-state index in [1.165, 1.54) is 36.8 Å². The van der Waals surface area contributed by atoms with E-state index in [-0.39, 0.29) is 0 Å². The summed E-state index contributed by atoms with van der Waals surface area (Å²) in [5, 5.41) is 0. The monoisotopic (exact) mass is 232 g/mol. The number of aryl methyl sites for hydroxylation is 1. The molecule has 1 heterocycles. The van der Waals surface area contributed by atoms with Crippen LogP contribution < -0.4 is 0 Å². The smallest absolute Gasteiger partial charge is 0.0575 e. The molecule has 0 bridgehead atoms. The minimum absolute atomic E-state index is 0.520. The third kappa shape index (κ3) is 3.32. The second kappa shape index (κ2) is 6.20. The number of ether oxygens (including phenoxy) is 1. The molecule has 2 unspecified atom stereocenters. The first-order valence-corrected chi connectivity index (χ1v) is 7.04. The molecule has 0 spiro atoms. The average Bonchev–Trinajstić information content (AvgIpc) is 2.40. The van der Waals surface area contributed by atoms with Crippen molar-refractivity contribution in [3.63, 3.8) is 0 Å². The van der Waals surface area contributed by atoms with Gasteiger partial charge in [-0.05, 0) is 36.8 Å². The van der Waals surface area contributed by atoms with Crippen molar-refractivity contribution in [2.45, 2.75) is 58.0 Å². The summed E-state index contributed by atoms with van der Waals surface area (Å²) in [5.41, 5.74) is 2.88. The largest absolute Gasteiger partial charge is 0.378 e. The SMILES string of the molecule is CCCC1CCC(c2ccc(CC)cc2)CO1. The topological polar surface area (TPSA) is 9.23 Å². The Labute approximate surface area is 105 Å². The maximum atomic E-state index is 5.94. The summed E-state index contributed by atoms with van der Waals surface area (Å²) >= 11 is 0. The summed E-state index contributed by atoms with van der Waals surface area (Å²) in [7, 11) is 0. The molecule has 0 aliphatic carbocycles. The quantitative estimate of drug-likeness (QED) is 0.751. The van der Waals surface area contributed by atoms with E-state index in [1.54, 1.807) is 0 Å². The highest BCUT2D eigenvalue weighted by molar-refractivity contribution is 5.25. The third-order valence-electron chi connectivity index (χ3n) is 3.84. The molecule has 2 atom stereocenters. The van der Waals surface area contributed by atoms with Crippen LogP contribution >= 0.6 is 0 Å². The van der Waals surface area contributed by atoms with Crippen LogP contribution in [0.3, 0.4) is 0 Å². The summed E-state index contributed by atoms with van der Waals surface area (Å²) in [6, 6.07) is 9.08. The van der Waals surface area contributed by atoms with E-state index in [0.717, 1.165) is 13.0 Å². The van der Waals surface area contributed by atoms with Gasteiger partial charge in [-0.15, -0.1) is 0 Å². The zero-order chi connectivity index (χ0) is 12.1. The molecule has 0 amide bonds. The van der Waals surface area contributed by atoms with Gasteiger partial charge in [-0.1, -0.05) is 44.5 Å². The van der Waals surface area contributed by atoms with Crippen LogP contribution in [-0.4, -0.2) is 12.7 Å². The molecule has 1 saturated heterocycles. The highest BCUT2D eigenvalue weighted by Crippen LogP contribution is 2.29. The van der Waals surface area contributed by atoms with Crippen LogP contribution in [0.25, 0.3) is 0 Å². The van der Waals surface area contributed by atoms with E-state index < -0.39 is 0 Å². The van der Waals surface area contributed by atoms with Crippen LogP contribution in [0.15, 0.2) is 24.3 Å². The lowest BCUT2D eigenvalue weighted by molar-refractivity contribution is -0.00111. The van der Waals surface area contributed by atoms with E-state index >= 15 is 0 Å². The van der Waals surface area contributed by atoms with Gasteiger partial charge in [0.1, 0.15) is 0 Å². The molecular weight excluding hydrogens is 208 g/mol. The lowest BCUT2D eigenvalue weighted by Gasteiger charge is -2.29. The number of rotatable bonds is 4. The fourth-order valence-corrected chi connectivity index (χ4v) is 2.64. The molecule has 1 aliphatic rings. The molecule has 1 aromatic carbocycles. The normalized spacial score (nSPS) is 24.8. The first-order chi connectivity index (χ1) is 8.33. The Morgan fingerprint density at radius 3 is 2.41 bits per heavy atom. The fraction of sp³-hybridized carbons (Fsp3) is 0.625. The number of benzene rings is 1. The standard InChI is InChI=1S/C16H24O/c1-3-5-16-11-10-15(12-17-16)14-8-6-13(4-2)7-9-14/h6-9,15-16H,3-5,10-12H2,1-2H3. The first kappa shape index (κ1) is 12.6. The van der Waals surface area contributed by atoms with Gasteiger partial charge in [-0.25, -0.2) is 0 Å². The average molecular weight is 232 g/mol. The first-order valence-electron chi connectivity index (χ1n) is 7.04. The van der Waals surface area contributed by atoms with Crippen LogP contribution in [-0.2, 0) is 11.2 Å². The van der Waals surface area contributed by atoms with Gasteiger partial charge in [-0.3, -0.25) is 0 Å². The van der Waals surface area contributed by atoms with Crippen molar-refractivity contribution in [2.24, 2.45) is 0 Å². The lowest BCUT2D eigenvalue weighted by Crippen LogP contribution is -2.24. The zero-order valence-electron chi connectivity index (χ0n) is 11.1. The Balaban J connectivity index is 1.91. The fourth-order valence-electron chi connectivity index (χ4n) is 2.64. The Morgan fingerprint density at radius 1 is 1.12 bits per heavy atom. The molecule has 1 heteroatoms. The van der Waals surface area contributed by atoms with Gasteiger partial charge < -0.3 is 4.74 Å². The third-order valence-corrected chi connectivity index (χ3v) is 3.84. The predicted octanol–water partition coefficient (Wildman–Crippen LogP) is 4.31.